The van der Waals surface area contributed by atoms with Crippen LogP contribution < -0.4 is 0 Å². The van der Waals surface area contributed by atoms with E-state index in [0.29, 0.717) is 17.0 Å². The van der Waals surface area contributed by atoms with Crippen molar-refractivity contribution in [3.63, 3.8) is 0 Å². The van der Waals surface area contributed by atoms with Crippen LogP contribution in [0.1, 0.15) is 29.0 Å². The number of benzene rings is 1. The minimum Gasteiger partial charge on any atom is -0.444 e. The van der Waals surface area contributed by atoms with Gasteiger partial charge in [0.15, 0.2) is 10.4 Å². The summed E-state index contributed by atoms with van der Waals surface area (Å²) in [6.07, 6.45) is 2.02. The standard InChI is InChI=1S/C15H13BrFNO2/c16-14-8-7-13(20-14)15(19)18(12-5-6-12)9-10-1-3-11(17)4-2-10/h1-4,7-8,12H,5-6,9H2. The van der Waals surface area contributed by atoms with Gasteiger partial charge in [-0.15, -0.1) is 0 Å². The summed E-state index contributed by atoms with van der Waals surface area (Å²) in [5, 5.41) is 0. The number of hydrogen-bond donors (Lipinski definition) is 0. The van der Waals surface area contributed by atoms with E-state index in [2.05, 4.69) is 15.9 Å². The number of nitrogens with zero attached hydrogens (tertiary/aromatic N) is 1. The fourth-order valence-electron chi connectivity index (χ4n) is 2.11. The summed E-state index contributed by atoms with van der Waals surface area (Å²) in [6, 6.07) is 9.86. The van der Waals surface area contributed by atoms with E-state index < -0.39 is 0 Å². The third-order valence-corrected chi connectivity index (χ3v) is 3.72. The lowest BCUT2D eigenvalue weighted by Crippen LogP contribution is -2.32. The van der Waals surface area contributed by atoms with Crippen molar-refractivity contribution < 1.29 is 13.6 Å². The van der Waals surface area contributed by atoms with Crippen LogP contribution in [0.25, 0.3) is 0 Å². The minimum atomic E-state index is -0.270. The smallest absolute Gasteiger partial charge is 0.290 e. The highest BCUT2D eigenvalue weighted by Crippen LogP contribution is 2.30. The molecule has 1 amide bonds. The topological polar surface area (TPSA) is 33.5 Å². The van der Waals surface area contributed by atoms with Crippen molar-refractivity contribution in [2.45, 2.75) is 25.4 Å². The third kappa shape index (κ3) is 2.93. The third-order valence-electron chi connectivity index (χ3n) is 3.30. The monoisotopic (exact) mass is 337 g/mol. The number of halogens is 2. The van der Waals surface area contributed by atoms with Crippen molar-refractivity contribution in [1.29, 1.82) is 0 Å². The number of carbonyl (C=O) groups is 1. The SMILES string of the molecule is O=C(c1ccc(Br)o1)N(Cc1ccc(F)cc1)C1CC1. The van der Waals surface area contributed by atoms with Crippen LogP contribution in [0.4, 0.5) is 4.39 Å². The Morgan fingerprint density at radius 1 is 1.25 bits per heavy atom. The molecule has 0 saturated heterocycles. The zero-order valence-electron chi connectivity index (χ0n) is 10.7. The molecule has 5 heteroatoms. The van der Waals surface area contributed by atoms with Gasteiger partial charge in [0.2, 0.25) is 0 Å². The maximum absolute atomic E-state index is 12.9. The van der Waals surface area contributed by atoms with Crippen LogP contribution in [0.2, 0.25) is 0 Å². The van der Waals surface area contributed by atoms with Crippen LogP contribution in [0.15, 0.2) is 45.5 Å². The Morgan fingerprint density at radius 3 is 2.50 bits per heavy atom. The van der Waals surface area contributed by atoms with Crippen molar-refractivity contribution in [2.24, 2.45) is 0 Å². The molecule has 20 heavy (non-hydrogen) atoms. The van der Waals surface area contributed by atoms with Crippen LogP contribution >= 0.6 is 15.9 Å². The molecule has 0 spiro atoms. The first-order valence-corrected chi connectivity index (χ1v) is 7.23. The molecular formula is C15H13BrFNO2. The molecular weight excluding hydrogens is 325 g/mol. The molecule has 3 rings (SSSR count). The summed E-state index contributed by atoms with van der Waals surface area (Å²) >= 11 is 3.20. The molecule has 0 bridgehead atoms. The van der Waals surface area contributed by atoms with E-state index in [4.69, 9.17) is 4.42 Å². The number of furan rings is 1. The molecule has 0 aliphatic heterocycles. The van der Waals surface area contributed by atoms with Crippen LogP contribution in [-0.4, -0.2) is 16.8 Å². The van der Waals surface area contributed by atoms with Crippen LogP contribution in [0.5, 0.6) is 0 Å². The number of rotatable bonds is 4. The predicted octanol–water partition coefficient (Wildman–Crippen LogP) is 3.99. The predicted molar refractivity (Wildman–Crippen MR) is 75.7 cm³/mol. The van der Waals surface area contributed by atoms with Crippen LogP contribution in [0, 0.1) is 5.82 Å². The van der Waals surface area contributed by atoms with Gasteiger partial charge in [-0.05, 0) is 58.6 Å². The maximum atomic E-state index is 12.9. The van der Waals surface area contributed by atoms with Crippen molar-refractivity contribution >= 4 is 21.8 Å². The Labute approximate surface area is 124 Å². The molecule has 0 atom stereocenters. The summed E-state index contributed by atoms with van der Waals surface area (Å²) in [4.78, 5) is 14.2. The van der Waals surface area contributed by atoms with Crippen molar-refractivity contribution in [1.82, 2.24) is 4.90 Å². The lowest BCUT2D eigenvalue weighted by atomic mass is 10.2. The van der Waals surface area contributed by atoms with E-state index >= 15 is 0 Å². The number of amides is 1. The minimum absolute atomic E-state index is 0.123. The van der Waals surface area contributed by atoms with Gasteiger partial charge in [-0.1, -0.05) is 12.1 Å². The summed E-state index contributed by atoms with van der Waals surface area (Å²) in [7, 11) is 0. The molecule has 0 radical (unpaired) electrons. The second kappa shape index (κ2) is 5.40. The quantitative estimate of drug-likeness (QED) is 0.845. The van der Waals surface area contributed by atoms with E-state index in [1.807, 2.05) is 0 Å². The van der Waals surface area contributed by atoms with Gasteiger partial charge >= 0.3 is 0 Å². The van der Waals surface area contributed by atoms with Gasteiger partial charge in [-0.25, -0.2) is 4.39 Å². The fourth-order valence-corrected chi connectivity index (χ4v) is 2.42. The van der Waals surface area contributed by atoms with Gasteiger partial charge in [-0.3, -0.25) is 4.79 Å². The Hall–Kier alpha value is -1.62. The molecule has 0 unspecified atom stereocenters. The van der Waals surface area contributed by atoms with Crippen LogP contribution in [0.3, 0.4) is 0 Å². The molecule has 1 aromatic heterocycles. The number of carbonyl (C=O) groups excluding carboxylic acids is 1. The molecule has 3 nitrogen and oxygen atoms in total. The first-order valence-electron chi connectivity index (χ1n) is 6.44. The summed E-state index contributed by atoms with van der Waals surface area (Å²) in [5.74, 6) is -0.0681. The molecule has 1 aliphatic rings. The van der Waals surface area contributed by atoms with E-state index in [1.54, 1.807) is 29.2 Å². The molecule has 1 heterocycles. The second-order valence-corrected chi connectivity index (χ2v) is 5.68. The largest absolute Gasteiger partial charge is 0.444 e. The fraction of sp³-hybridized carbons (Fsp3) is 0.267. The zero-order chi connectivity index (χ0) is 14.1. The lowest BCUT2D eigenvalue weighted by molar-refractivity contribution is 0.0696. The van der Waals surface area contributed by atoms with Crippen LogP contribution in [-0.2, 0) is 6.54 Å². The molecule has 1 aromatic carbocycles. The van der Waals surface area contributed by atoms with Gasteiger partial charge in [0.05, 0.1) is 0 Å². The van der Waals surface area contributed by atoms with Crippen molar-refractivity contribution in [3.05, 3.63) is 58.2 Å². The Bertz CT molecular complexity index is 619. The van der Waals surface area contributed by atoms with Gasteiger partial charge in [-0.2, -0.15) is 0 Å². The first kappa shape index (κ1) is 13.4. The van der Waals surface area contributed by atoms with E-state index in [9.17, 15) is 9.18 Å². The Kier molecular flexibility index (Phi) is 3.61. The molecule has 1 fully saturated rings. The Morgan fingerprint density at radius 2 is 1.95 bits per heavy atom. The van der Waals surface area contributed by atoms with Gasteiger partial charge in [0.25, 0.3) is 5.91 Å². The summed E-state index contributed by atoms with van der Waals surface area (Å²) in [6.45, 7) is 0.474. The average Bonchev–Trinajstić information content (AvgIpc) is 3.19. The van der Waals surface area contributed by atoms with E-state index in [-0.39, 0.29) is 17.8 Å². The molecule has 1 saturated carbocycles. The highest BCUT2D eigenvalue weighted by Gasteiger charge is 2.34. The second-order valence-electron chi connectivity index (χ2n) is 4.89. The van der Waals surface area contributed by atoms with Gasteiger partial charge in [0.1, 0.15) is 5.82 Å². The normalized spacial score (nSPS) is 14.3. The zero-order valence-corrected chi connectivity index (χ0v) is 12.3. The molecule has 1 aliphatic carbocycles. The van der Waals surface area contributed by atoms with Gasteiger partial charge < -0.3 is 9.32 Å². The highest BCUT2D eigenvalue weighted by molar-refractivity contribution is 9.10. The maximum Gasteiger partial charge on any atom is 0.290 e. The summed E-state index contributed by atoms with van der Waals surface area (Å²) in [5.41, 5.74) is 0.914. The molecule has 2 aromatic rings. The van der Waals surface area contributed by atoms with Gasteiger partial charge in [0, 0.05) is 12.6 Å². The Balaban J connectivity index is 1.79. The van der Waals surface area contributed by atoms with Crippen molar-refractivity contribution in [3.8, 4) is 0 Å². The summed E-state index contributed by atoms with van der Waals surface area (Å²) < 4.78 is 18.8. The molecule has 0 N–H and O–H groups in total. The average molecular weight is 338 g/mol. The van der Waals surface area contributed by atoms with Crippen molar-refractivity contribution in [2.75, 3.05) is 0 Å². The van der Waals surface area contributed by atoms with E-state index in [0.717, 1.165) is 18.4 Å². The number of hydrogen-bond acceptors (Lipinski definition) is 2. The lowest BCUT2D eigenvalue weighted by Gasteiger charge is -2.21. The highest BCUT2D eigenvalue weighted by atomic mass is 79.9. The van der Waals surface area contributed by atoms with E-state index in [1.165, 1.54) is 12.1 Å². The molecule has 104 valence electrons. The first-order chi connectivity index (χ1) is 9.63.